The van der Waals surface area contributed by atoms with Crippen LogP contribution in [0.3, 0.4) is 0 Å². The molecule has 1 saturated heterocycles. The van der Waals surface area contributed by atoms with Crippen molar-refractivity contribution in [3.63, 3.8) is 0 Å². The van der Waals surface area contributed by atoms with Crippen LogP contribution in [-0.4, -0.2) is 46.0 Å². The van der Waals surface area contributed by atoms with Crippen molar-refractivity contribution < 1.29 is 4.74 Å². The Bertz CT molecular complexity index is 572. The van der Waals surface area contributed by atoms with Gasteiger partial charge >= 0.3 is 0 Å². The molecule has 0 bridgehead atoms. The molecule has 3 rings (SSSR count). The van der Waals surface area contributed by atoms with E-state index in [1.807, 2.05) is 4.68 Å². The fourth-order valence-electron chi connectivity index (χ4n) is 2.81. The van der Waals surface area contributed by atoms with Crippen molar-refractivity contribution in [2.75, 3.05) is 26.3 Å². The van der Waals surface area contributed by atoms with Crippen molar-refractivity contribution in [2.24, 2.45) is 0 Å². The lowest BCUT2D eigenvalue weighted by atomic mass is 10.0. The van der Waals surface area contributed by atoms with Crippen molar-refractivity contribution in [3.8, 4) is 11.4 Å². The molecule has 0 unspecified atom stereocenters. The van der Waals surface area contributed by atoms with Gasteiger partial charge in [0.05, 0.1) is 13.2 Å². The number of ether oxygens (including phenoxy) is 1. The second kappa shape index (κ2) is 6.37. The number of aromatic nitrogens is 3. The number of nitrogens with zero attached hydrogens (tertiary/aromatic N) is 4. The van der Waals surface area contributed by atoms with Crippen LogP contribution in [-0.2, 0) is 11.3 Å². The van der Waals surface area contributed by atoms with E-state index in [9.17, 15) is 0 Å². The Labute approximate surface area is 125 Å². The molecule has 1 atom stereocenters. The Balaban J connectivity index is 1.77. The minimum Gasteiger partial charge on any atom is -0.379 e. The number of rotatable bonds is 4. The van der Waals surface area contributed by atoms with Gasteiger partial charge in [-0.1, -0.05) is 24.3 Å². The zero-order valence-corrected chi connectivity index (χ0v) is 12.7. The van der Waals surface area contributed by atoms with Gasteiger partial charge < -0.3 is 4.74 Å². The summed E-state index contributed by atoms with van der Waals surface area (Å²) in [4.78, 5) is 6.81. The van der Waals surface area contributed by atoms with Gasteiger partial charge in [-0.2, -0.15) is 5.10 Å². The highest BCUT2D eigenvalue weighted by molar-refractivity contribution is 5.55. The quantitative estimate of drug-likeness (QED) is 0.865. The fraction of sp³-hybridized carbons (Fsp3) is 0.500. The normalized spacial score (nSPS) is 17.8. The predicted octanol–water partition coefficient (Wildman–Crippen LogP) is 2.36. The van der Waals surface area contributed by atoms with Gasteiger partial charge in [0.2, 0.25) is 0 Å². The highest BCUT2D eigenvalue weighted by Crippen LogP contribution is 2.24. The Morgan fingerprint density at radius 3 is 2.57 bits per heavy atom. The van der Waals surface area contributed by atoms with E-state index in [4.69, 9.17) is 4.74 Å². The molecule has 0 aliphatic carbocycles. The molecule has 1 aliphatic heterocycles. The van der Waals surface area contributed by atoms with Crippen LogP contribution in [0.15, 0.2) is 30.6 Å². The van der Waals surface area contributed by atoms with Gasteiger partial charge in [-0.3, -0.25) is 4.90 Å². The molecule has 0 N–H and O–H groups in total. The third-order valence-corrected chi connectivity index (χ3v) is 4.16. The molecule has 2 heterocycles. The fourth-order valence-corrected chi connectivity index (χ4v) is 2.81. The smallest absolute Gasteiger partial charge is 0.158 e. The molecular weight excluding hydrogens is 264 g/mol. The van der Waals surface area contributed by atoms with Crippen LogP contribution in [0.1, 0.15) is 25.5 Å². The summed E-state index contributed by atoms with van der Waals surface area (Å²) in [5, 5.41) is 4.23. The molecule has 2 aromatic rings. The summed E-state index contributed by atoms with van der Waals surface area (Å²) in [6.07, 6.45) is 1.61. The number of aryl methyl sites for hydroxylation is 1. The zero-order chi connectivity index (χ0) is 14.7. The molecule has 1 aliphatic rings. The maximum Gasteiger partial charge on any atom is 0.158 e. The molecule has 5 nitrogen and oxygen atoms in total. The van der Waals surface area contributed by atoms with Gasteiger partial charge in [0.15, 0.2) is 5.82 Å². The van der Waals surface area contributed by atoms with E-state index < -0.39 is 0 Å². The number of hydrogen-bond acceptors (Lipinski definition) is 4. The monoisotopic (exact) mass is 286 g/mol. The highest BCUT2D eigenvalue weighted by Gasteiger charge is 2.18. The summed E-state index contributed by atoms with van der Waals surface area (Å²) in [7, 11) is 0. The molecule has 1 fully saturated rings. The second-order valence-electron chi connectivity index (χ2n) is 5.35. The molecule has 1 aromatic carbocycles. The molecule has 21 heavy (non-hydrogen) atoms. The lowest BCUT2D eigenvalue weighted by Crippen LogP contribution is -2.37. The lowest BCUT2D eigenvalue weighted by Gasteiger charge is -2.32. The van der Waals surface area contributed by atoms with Crippen molar-refractivity contribution in [1.82, 2.24) is 19.7 Å². The largest absolute Gasteiger partial charge is 0.379 e. The summed E-state index contributed by atoms with van der Waals surface area (Å²) in [6.45, 7) is 8.85. The summed E-state index contributed by atoms with van der Waals surface area (Å²) < 4.78 is 7.34. The molecule has 1 aromatic heterocycles. The van der Waals surface area contributed by atoms with Crippen LogP contribution in [0.25, 0.3) is 11.4 Å². The second-order valence-corrected chi connectivity index (χ2v) is 5.35. The number of hydrogen-bond donors (Lipinski definition) is 0. The SMILES string of the molecule is CCn1ncnc1-c1ccc([C@H](C)N2CCOCC2)cc1. The topological polar surface area (TPSA) is 43.2 Å². The maximum absolute atomic E-state index is 5.42. The summed E-state index contributed by atoms with van der Waals surface area (Å²) in [5.74, 6) is 0.933. The van der Waals surface area contributed by atoms with E-state index >= 15 is 0 Å². The van der Waals surface area contributed by atoms with Crippen molar-refractivity contribution in [2.45, 2.75) is 26.4 Å². The molecule has 0 radical (unpaired) electrons. The first kappa shape index (κ1) is 14.2. The standard InChI is InChI=1S/C16H22N4O/c1-3-20-16(17-12-18-20)15-6-4-14(5-7-15)13(2)19-8-10-21-11-9-19/h4-7,12-13H,3,8-11H2,1-2H3/t13-/m0/s1. The van der Waals surface area contributed by atoms with Crippen LogP contribution in [0.2, 0.25) is 0 Å². The Morgan fingerprint density at radius 2 is 1.90 bits per heavy atom. The van der Waals surface area contributed by atoms with Gasteiger partial charge in [0, 0.05) is 31.2 Å². The van der Waals surface area contributed by atoms with Gasteiger partial charge in [-0.05, 0) is 19.4 Å². The third kappa shape index (κ3) is 2.99. The molecule has 112 valence electrons. The molecule has 5 heteroatoms. The van der Waals surface area contributed by atoms with Crippen molar-refractivity contribution >= 4 is 0 Å². The Morgan fingerprint density at radius 1 is 1.19 bits per heavy atom. The Hall–Kier alpha value is -1.72. The molecular formula is C16H22N4O. The van der Waals surface area contributed by atoms with Crippen LogP contribution < -0.4 is 0 Å². The van der Waals surface area contributed by atoms with Gasteiger partial charge in [0.25, 0.3) is 0 Å². The first-order valence-electron chi connectivity index (χ1n) is 7.59. The van der Waals surface area contributed by atoms with Crippen LogP contribution in [0, 0.1) is 0 Å². The molecule has 0 spiro atoms. The van der Waals surface area contributed by atoms with Crippen LogP contribution >= 0.6 is 0 Å². The zero-order valence-electron chi connectivity index (χ0n) is 12.7. The Kier molecular flexibility index (Phi) is 4.31. The van der Waals surface area contributed by atoms with Crippen molar-refractivity contribution in [1.29, 1.82) is 0 Å². The van der Waals surface area contributed by atoms with E-state index in [1.54, 1.807) is 6.33 Å². The summed E-state index contributed by atoms with van der Waals surface area (Å²) >= 11 is 0. The van der Waals surface area contributed by atoms with E-state index in [0.29, 0.717) is 6.04 Å². The van der Waals surface area contributed by atoms with E-state index in [1.165, 1.54) is 5.56 Å². The van der Waals surface area contributed by atoms with Crippen LogP contribution in [0.4, 0.5) is 0 Å². The molecule has 0 amide bonds. The van der Waals surface area contributed by atoms with E-state index in [-0.39, 0.29) is 0 Å². The first-order valence-corrected chi connectivity index (χ1v) is 7.59. The van der Waals surface area contributed by atoms with Crippen molar-refractivity contribution in [3.05, 3.63) is 36.2 Å². The number of morpholine rings is 1. The van der Waals surface area contributed by atoms with E-state index in [2.05, 4.69) is 53.1 Å². The third-order valence-electron chi connectivity index (χ3n) is 4.16. The lowest BCUT2D eigenvalue weighted by molar-refractivity contribution is 0.0198. The summed E-state index contributed by atoms with van der Waals surface area (Å²) in [6, 6.07) is 9.10. The van der Waals surface area contributed by atoms with Gasteiger partial charge in [-0.15, -0.1) is 0 Å². The minimum atomic E-state index is 0.423. The molecule has 0 saturated carbocycles. The predicted molar refractivity (Wildman–Crippen MR) is 81.9 cm³/mol. The number of benzene rings is 1. The minimum absolute atomic E-state index is 0.423. The van der Waals surface area contributed by atoms with Crippen LogP contribution in [0.5, 0.6) is 0 Å². The summed E-state index contributed by atoms with van der Waals surface area (Å²) in [5.41, 5.74) is 2.45. The van der Waals surface area contributed by atoms with Gasteiger partial charge in [0.1, 0.15) is 6.33 Å². The first-order chi connectivity index (χ1) is 10.3. The average molecular weight is 286 g/mol. The highest BCUT2D eigenvalue weighted by atomic mass is 16.5. The maximum atomic E-state index is 5.42. The average Bonchev–Trinajstić information content (AvgIpc) is 3.04. The van der Waals surface area contributed by atoms with E-state index in [0.717, 1.165) is 44.2 Å². The van der Waals surface area contributed by atoms with Gasteiger partial charge in [-0.25, -0.2) is 9.67 Å².